The maximum Gasteiger partial charge on any atom is 0.312 e. The number of esters is 1. The van der Waals surface area contributed by atoms with Crippen molar-refractivity contribution in [3.05, 3.63) is 22.1 Å². The number of methoxy groups -OCH3 is 1. The second kappa shape index (κ2) is 7.89. The average molecular weight is 446 g/mol. The highest BCUT2D eigenvalue weighted by Gasteiger charge is 2.80. The molecule has 8 heteroatoms. The molecule has 1 spiro atoms. The zero-order chi connectivity index (χ0) is 23.3. The summed E-state index contributed by atoms with van der Waals surface area (Å²) in [6.07, 6.45) is 5.07. The normalized spacial score (nSPS) is 30.2. The van der Waals surface area contributed by atoms with Crippen molar-refractivity contribution in [3.63, 3.8) is 0 Å². The Hall–Kier alpha value is -2.38. The monoisotopic (exact) mass is 445 g/mol. The Morgan fingerprint density at radius 2 is 1.78 bits per heavy atom. The van der Waals surface area contributed by atoms with Gasteiger partial charge in [-0.3, -0.25) is 14.4 Å². The number of carbonyl (C=O) groups excluding carboxylic acids is 2. The highest BCUT2D eigenvalue weighted by molar-refractivity contribution is 5.83. The van der Waals surface area contributed by atoms with Crippen LogP contribution < -0.4 is 15.6 Å². The van der Waals surface area contributed by atoms with E-state index < -0.39 is 5.41 Å². The molecule has 1 heterocycles. The predicted molar refractivity (Wildman–Crippen MR) is 118 cm³/mol. The van der Waals surface area contributed by atoms with Crippen LogP contribution in [0, 0.1) is 16.7 Å². The fraction of sp³-hybridized carbons (Fsp3) is 0.750. The number of ether oxygens (including phenoxy) is 2. The zero-order valence-electron chi connectivity index (χ0n) is 19.8. The third-order valence-corrected chi connectivity index (χ3v) is 8.12. The average Bonchev–Trinajstić information content (AvgIpc) is 2.82. The largest absolute Gasteiger partial charge is 0.491 e. The second-order valence-electron chi connectivity index (χ2n) is 10.5. The summed E-state index contributed by atoms with van der Waals surface area (Å²) in [5, 5.41) is 7.69. The highest BCUT2D eigenvalue weighted by Crippen LogP contribution is 2.78. The number of amides is 1. The Morgan fingerprint density at radius 3 is 2.31 bits per heavy atom. The summed E-state index contributed by atoms with van der Waals surface area (Å²) in [5.74, 6) is 0.478. The fourth-order valence-electron chi connectivity index (χ4n) is 6.33. The molecule has 176 valence electrons. The SMILES string of the molecule is COC(=O)C12CCC3(NC(=O)Cn4nc(C(C)C)c(OCC(C)C)cc4=O)CCC31CC2. The minimum Gasteiger partial charge on any atom is -0.491 e. The van der Waals surface area contributed by atoms with Crippen molar-refractivity contribution in [2.24, 2.45) is 16.7 Å². The van der Waals surface area contributed by atoms with Crippen LogP contribution in [0.25, 0.3) is 0 Å². The van der Waals surface area contributed by atoms with Crippen molar-refractivity contribution in [1.82, 2.24) is 15.1 Å². The Morgan fingerprint density at radius 1 is 1.12 bits per heavy atom. The lowest BCUT2D eigenvalue weighted by Gasteiger charge is -2.67. The van der Waals surface area contributed by atoms with Crippen LogP contribution in [0.2, 0.25) is 0 Å². The summed E-state index contributed by atoms with van der Waals surface area (Å²) in [4.78, 5) is 38.3. The Balaban J connectivity index is 1.51. The number of hydrogen-bond donors (Lipinski definition) is 1. The van der Waals surface area contributed by atoms with Gasteiger partial charge >= 0.3 is 5.97 Å². The Kier molecular flexibility index (Phi) is 5.62. The zero-order valence-corrected chi connectivity index (χ0v) is 19.8. The summed E-state index contributed by atoms with van der Waals surface area (Å²) in [6, 6.07) is 1.44. The van der Waals surface area contributed by atoms with Gasteiger partial charge in [0.25, 0.3) is 5.56 Å². The number of hydrogen-bond acceptors (Lipinski definition) is 6. The van der Waals surface area contributed by atoms with Crippen molar-refractivity contribution in [2.45, 2.75) is 84.2 Å². The second-order valence-corrected chi connectivity index (χ2v) is 10.5. The van der Waals surface area contributed by atoms with Crippen LogP contribution in [-0.4, -0.2) is 40.9 Å². The van der Waals surface area contributed by atoms with E-state index >= 15 is 0 Å². The number of carbonyl (C=O) groups is 2. The number of aromatic nitrogens is 2. The highest BCUT2D eigenvalue weighted by atomic mass is 16.5. The summed E-state index contributed by atoms with van der Waals surface area (Å²) in [7, 11) is 1.44. The van der Waals surface area contributed by atoms with E-state index in [0.717, 1.165) is 38.5 Å². The molecule has 8 nitrogen and oxygen atoms in total. The summed E-state index contributed by atoms with van der Waals surface area (Å²) in [5.41, 5.74) is -0.716. The third kappa shape index (κ3) is 3.17. The first-order valence-electron chi connectivity index (χ1n) is 11.7. The van der Waals surface area contributed by atoms with Gasteiger partial charge in [0.2, 0.25) is 5.91 Å². The molecule has 3 atom stereocenters. The minimum atomic E-state index is -0.456. The molecule has 0 saturated heterocycles. The van der Waals surface area contributed by atoms with Crippen LogP contribution >= 0.6 is 0 Å². The van der Waals surface area contributed by atoms with Crippen molar-refractivity contribution >= 4 is 11.9 Å². The van der Waals surface area contributed by atoms with Gasteiger partial charge in [-0.15, -0.1) is 0 Å². The van der Waals surface area contributed by atoms with Gasteiger partial charge in [0.05, 0.1) is 19.1 Å². The maximum absolute atomic E-state index is 13.0. The lowest BCUT2D eigenvalue weighted by molar-refractivity contribution is -0.202. The van der Waals surface area contributed by atoms with Crippen LogP contribution in [0.3, 0.4) is 0 Å². The third-order valence-electron chi connectivity index (χ3n) is 8.12. The molecule has 3 saturated carbocycles. The van der Waals surface area contributed by atoms with Gasteiger partial charge in [0.15, 0.2) is 0 Å². The topological polar surface area (TPSA) is 99.5 Å². The van der Waals surface area contributed by atoms with Gasteiger partial charge in [0, 0.05) is 22.9 Å². The van der Waals surface area contributed by atoms with Crippen LogP contribution in [0.15, 0.2) is 10.9 Å². The van der Waals surface area contributed by atoms with Gasteiger partial charge in [-0.1, -0.05) is 27.7 Å². The molecule has 0 radical (unpaired) electrons. The van der Waals surface area contributed by atoms with Crippen molar-refractivity contribution in [2.75, 3.05) is 13.7 Å². The lowest BCUT2D eigenvalue weighted by atomic mass is 9.38. The van der Waals surface area contributed by atoms with E-state index in [-0.39, 0.29) is 40.9 Å². The van der Waals surface area contributed by atoms with E-state index in [1.807, 2.05) is 27.7 Å². The first-order chi connectivity index (χ1) is 15.1. The molecular weight excluding hydrogens is 410 g/mol. The van der Waals surface area contributed by atoms with Crippen LogP contribution in [0.1, 0.15) is 77.8 Å². The van der Waals surface area contributed by atoms with Gasteiger partial charge in [-0.2, -0.15) is 5.10 Å². The Labute approximate surface area is 189 Å². The molecule has 3 fully saturated rings. The molecular formula is C24H35N3O5. The van der Waals surface area contributed by atoms with E-state index in [2.05, 4.69) is 10.4 Å². The molecule has 0 aromatic carbocycles. The number of rotatable bonds is 8. The standard InChI is InChI=1S/C24H35N3O5/c1-15(2)14-32-17-12-19(29)27(26-20(17)16(3)4)13-18(28)25-24-10-7-22(21(30)31-5)6-8-23(22,24)9-11-24/h12,15-16H,6-11,13-14H2,1-5H3,(H,25,28). The van der Waals surface area contributed by atoms with Gasteiger partial charge in [-0.25, -0.2) is 4.68 Å². The van der Waals surface area contributed by atoms with Crippen LogP contribution in [0.4, 0.5) is 0 Å². The first kappa shape index (κ1) is 22.8. The minimum absolute atomic E-state index is 0.0473. The van der Waals surface area contributed by atoms with E-state index in [4.69, 9.17) is 9.47 Å². The molecule has 4 rings (SSSR count). The molecule has 1 aromatic rings. The van der Waals surface area contributed by atoms with Crippen molar-refractivity contribution in [3.8, 4) is 5.75 Å². The molecule has 3 aliphatic carbocycles. The Bertz CT molecular complexity index is 982. The summed E-state index contributed by atoms with van der Waals surface area (Å²) >= 11 is 0. The summed E-state index contributed by atoms with van der Waals surface area (Å²) < 4.78 is 12.2. The molecule has 0 bridgehead atoms. The van der Waals surface area contributed by atoms with Crippen molar-refractivity contribution in [1.29, 1.82) is 0 Å². The van der Waals surface area contributed by atoms with E-state index in [9.17, 15) is 14.4 Å². The van der Waals surface area contributed by atoms with E-state index in [1.54, 1.807) is 0 Å². The van der Waals surface area contributed by atoms with Gasteiger partial charge in [-0.05, 0) is 44.4 Å². The maximum atomic E-state index is 13.0. The van der Waals surface area contributed by atoms with Gasteiger partial charge < -0.3 is 14.8 Å². The molecule has 1 N–H and O–H groups in total. The fourth-order valence-corrected chi connectivity index (χ4v) is 6.33. The molecule has 3 aliphatic rings. The number of nitrogens with zero attached hydrogens (tertiary/aromatic N) is 2. The van der Waals surface area contributed by atoms with E-state index in [0.29, 0.717) is 24.0 Å². The van der Waals surface area contributed by atoms with Crippen molar-refractivity contribution < 1.29 is 19.1 Å². The predicted octanol–water partition coefficient (Wildman–Crippen LogP) is 2.78. The smallest absolute Gasteiger partial charge is 0.312 e. The molecule has 0 aliphatic heterocycles. The lowest BCUT2D eigenvalue weighted by Crippen LogP contribution is -2.73. The molecule has 3 unspecified atom stereocenters. The molecule has 1 amide bonds. The molecule has 32 heavy (non-hydrogen) atoms. The van der Waals surface area contributed by atoms with Crippen LogP contribution in [0.5, 0.6) is 5.75 Å². The van der Waals surface area contributed by atoms with Crippen LogP contribution in [-0.2, 0) is 20.9 Å². The van der Waals surface area contributed by atoms with Gasteiger partial charge in [0.1, 0.15) is 18.0 Å². The quantitative estimate of drug-likeness (QED) is 0.618. The first-order valence-corrected chi connectivity index (χ1v) is 11.7. The summed E-state index contributed by atoms with van der Waals surface area (Å²) in [6.45, 7) is 8.40. The number of nitrogens with one attached hydrogen (secondary N) is 1. The molecule has 1 aromatic heterocycles. The van der Waals surface area contributed by atoms with E-state index in [1.165, 1.54) is 17.9 Å².